The lowest BCUT2D eigenvalue weighted by atomic mass is 9.49. The van der Waals surface area contributed by atoms with E-state index in [1.54, 1.807) is 30.6 Å². The third-order valence-corrected chi connectivity index (χ3v) is 14.5. The van der Waals surface area contributed by atoms with Gasteiger partial charge in [-0.3, -0.25) is 4.79 Å². The number of piperidine rings is 1. The number of ether oxygens (including phenoxy) is 2. The maximum atomic E-state index is 13.5. The highest BCUT2D eigenvalue weighted by Gasteiger charge is 2.64. The van der Waals surface area contributed by atoms with Crippen molar-refractivity contribution in [3.05, 3.63) is 106 Å². The molecule has 3 fully saturated rings. The van der Waals surface area contributed by atoms with Gasteiger partial charge in [0.15, 0.2) is 0 Å². The number of nitrogens with one attached hydrogen (secondary N) is 2. The van der Waals surface area contributed by atoms with E-state index < -0.39 is 0 Å². The summed E-state index contributed by atoms with van der Waals surface area (Å²) in [5.41, 5.74) is 6.41. The van der Waals surface area contributed by atoms with Crippen molar-refractivity contribution in [2.45, 2.75) is 123 Å². The number of carbonyl (C=O) groups excluding carboxylic acids is 1. The quantitative estimate of drug-likeness (QED) is 0.133. The molecule has 2 aliphatic carbocycles. The minimum Gasteiger partial charge on any atom is -0.489 e. The molecule has 0 unspecified atom stereocenters. The molecule has 2 aromatic heterocycles. The number of benzene rings is 3. The lowest BCUT2D eigenvalue weighted by molar-refractivity contribution is -0.164. The van der Waals surface area contributed by atoms with Gasteiger partial charge in [0.25, 0.3) is 5.91 Å². The molecular formula is C50H59ClN8O3. The average molecular weight is 856 g/mol. The molecule has 12 heteroatoms. The molecule has 0 spiro atoms. The fraction of sp³-hybridized carbons (Fsp3) is 0.500. The van der Waals surface area contributed by atoms with Crippen LogP contribution in [-0.4, -0.2) is 69.4 Å². The number of nitriles is 1. The number of imidazole rings is 1. The molecule has 4 aliphatic rings. The maximum absolute atomic E-state index is 13.5. The number of hydrogen-bond donors (Lipinski definition) is 2. The van der Waals surface area contributed by atoms with Crippen molar-refractivity contribution in [2.75, 3.05) is 29.9 Å². The Kier molecular flexibility index (Phi) is 11.7. The number of fused-ring (bicyclic) bond motifs is 3. The molecule has 62 heavy (non-hydrogen) atoms. The summed E-state index contributed by atoms with van der Waals surface area (Å²) < 4.78 is 15.7. The molecule has 0 radical (unpaired) electrons. The molecule has 2 saturated carbocycles. The molecule has 2 N–H and O–H groups in total. The zero-order valence-electron chi connectivity index (χ0n) is 36.7. The Morgan fingerprint density at radius 2 is 1.74 bits per heavy atom. The van der Waals surface area contributed by atoms with E-state index in [0.717, 1.165) is 83.3 Å². The summed E-state index contributed by atoms with van der Waals surface area (Å²) >= 11 is 6.27. The first-order valence-corrected chi connectivity index (χ1v) is 23.0. The van der Waals surface area contributed by atoms with Gasteiger partial charge in [0.05, 0.1) is 33.3 Å². The SMILES string of the molecule is C[C@H]1CCc2c(ccc3c2nc(Cc2ccccc2)n3[C@@H]2CCC[C@@H](OCC3CCN(c4ncc(C(=O)NC5C(C)(C)C(Oc6ccc(C#N)c(Cl)c6)C5(C)C)cn4)CC3)C2)N1. The zero-order chi connectivity index (χ0) is 43.2. The van der Waals surface area contributed by atoms with Crippen molar-refractivity contribution in [1.82, 2.24) is 24.8 Å². The van der Waals surface area contributed by atoms with Gasteiger partial charge in [-0.1, -0.05) is 69.6 Å². The monoisotopic (exact) mass is 854 g/mol. The first-order chi connectivity index (χ1) is 29.9. The standard InChI is InChI=1S/C50H59ClN8O3/c1-31-14-17-39-41(55-31)18-19-42-44(39)56-43(24-32-10-7-6-8-11-32)59(42)36-12-9-13-37(25-36)61-30-33-20-22-58(23-21-33)48-53-28-35(29-54-48)45(60)57-46-49(2,3)47(50(46,4)5)62-38-16-15-34(27-52)40(51)26-38/h6-8,10-11,15-16,18-19,26,28-29,31,33,36-37,46-47,55H,9,12-14,17,20-25,30H2,1-5H3,(H,57,60)/t31-,36+,37+,46?,47?/m0/s1. The molecule has 1 amide bonds. The van der Waals surface area contributed by atoms with E-state index in [2.05, 4.69) is 113 Å². The Balaban J connectivity index is 0.780. The first kappa shape index (κ1) is 42.1. The van der Waals surface area contributed by atoms with Gasteiger partial charge >= 0.3 is 0 Å². The molecular weight excluding hydrogens is 796 g/mol. The average Bonchev–Trinajstić information content (AvgIpc) is 3.65. The Hall–Kier alpha value is -5.18. The molecule has 2 aliphatic heterocycles. The van der Waals surface area contributed by atoms with Gasteiger partial charge in [0.1, 0.15) is 23.7 Å². The molecule has 5 aromatic rings. The van der Waals surface area contributed by atoms with Crippen LogP contribution in [0.1, 0.15) is 118 Å². The number of halogens is 1. The highest BCUT2D eigenvalue weighted by atomic mass is 35.5. The molecule has 4 heterocycles. The summed E-state index contributed by atoms with van der Waals surface area (Å²) in [4.78, 5) is 30.4. The topological polar surface area (TPSA) is 130 Å². The van der Waals surface area contributed by atoms with Gasteiger partial charge in [-0.2, -0.15) is 5.26 Å². The second-order valence-corrected chi connectivity index (χ2v) is 19.8. The highest BCUT2D eigenvalue weighted by Crippen LogP contribution is 2.55. The Morgan fingerprint density at radius 1 is 0.984 bits per heavy atom. The predicted octanol–water partition coefficient (Wildman–Crippen LogP) is 9.72. The van der Waals surface area contributed by atoms with E-state index in [9.17, 15) is 10.1 Å². The van der Waals surface area contributed by atoms with Gasteiger partial charge in [-0.25, -0.2) is 15.0 Å². The van der Waals surface area contributed by atoms with Crippen LogP contribution < -0.4 is 20.3 Å². The number of hydrogen-bond acceptors (Lipinski definition) is 9. The van der Waals surface area contributed by atoms with Crippen LogP contribution in [0.15, 0.2) is 73.1 Å². The summed E-state index contributed by atoms with van der Waals surface area (Å²) in [5, 5.41) is 16.5. The van der Waals surface area contributed by atoms with Crippen LogP contribution in [-0.2, 0) is 17.6 Å². The van der Waals surface area contributed by atoms with Crippen LogP contribution in [0.3, 0.4) is 0 Å². The molecule has 0 bridgehead atoms. The number of carbonyl (C=O) groups is 1. The first-order valence-electron chi connectivity index (χ1n) is 22.6. The minimum absolute atomic E-state index is 0.156. The number of nitrogens with zero attached hydrogens (tertiary/aromatic N) is 6. The maximum Gasteiger partial charge on any atom is 0.254 e. The largest absolute Gasteiger partial charge is 0.489 e. The summed E-state index contributed by atoms with van der Waals surface area (Å²) in [6, 6.07) is 23.2. The van der Waals surface area contributed by atoms with Crippen molar-refractivity contribution < 1.29 is 14.3 Å². The van der Waals surface area contributed by atoms with Gasteiger partial charge in [-0.05, 0) is 94.0 Å². The van der Waals surface area contributed by atoms with Crippen LogP contribution in [0.5, 0.6) is 5.75 Å². The Bertz CT molecular complexity index is 2440. The summed E-state index contributed by atoms with van der Waals surface area (Å²) in [7, 11) is 0. The van der Waals surface area contributed by atoms with Crippen LogP contribution in [0, 0.1) is 28.1 Å². The van der Waals surface area contributed by atoms with Crippen LogP contribution in [0.2, 0.25) is 5.02 Å². The lowest BCUT2D eigenvalue weighted by Crippen LogP contribution is -2.74. The third kappa shape index (κ3) is 8.24. The van der Waals surface area contributed by atoms with Gasteiger partial charge < -0.3 is 29.6 Å². The summed E-state index contributed by atoms with van der Waals surface area (Å²) in [6.45, 7) is 13.1. The molecule has 1 saturated heterocycles. The molecule has 3 aromatic carbocycles. The fourth-order valence-corrected chi connectivity index (χ4v) is 11.4. The number of aryl methyl sites for hydroxylation is 1. The zero-order valence-corrected chi connectivity index (χ0v) is 37.4. The second kappa shape index (κ2) is 17.2. The van der Waals surface area contributed by atoms with Crippen molar-refractivity contribution in [3.63, 3.8) is 0 Å². The number of anilines is 2. The van der Waals surface area contributed by atoms with E-state index in [4.69, 9.17) is 26.1 Å². The second-order valence-electron chi connectivity index (χ2n) is 19.4. The van der Waals surface area contributed by atoms with Crippen molar-refractivity contribution in [1.29, 1.82) is 5.26 Å². The number of aromatic nitrogens is 4. The number of rotatable bonds is 11. The fourth-order valence-electron chi connectivity index (χ4n) is 11.2. The van der Waals surface area contributed by atoms with Crippen molar-refractivity contribution in [2.24, 2.45) is 16.7 Å². The lowest BCUT2D eigenvalue weighted by Gasteiger charge is -2.63. The van der Waals surface area contributed by atoms with Crippen LogP contribution >= 0.6 is 11.6 Å². The minimum atomic E-state index is -0.370. The molecule has 324 valence electrons. The summed E-state index contributed by atoms with van der Waals surface area (Å²) in [6.07, 6.45) is 12.7. The van der Waals surface area contributed by atoms with E-state index in [1.807, 2.05) is 0 Å². The smallest absolute Gasteiger partial charge is 0.254 e. The molecule has 3 atom stereocenters. The third-order valence-electron chi connectivity index (χ3n) is 14.2. The van der Waals surface area contributed by atoms with E-state index in [-0.39, 0.29) is 35.0 Å². The summed E-state index contributed by atoms with van der Waals surface area (Å²) in [5.74, 6) is 2.69. The van der Waals surface area contributed by atoms with Gasteiger partial charge in [0.2, 0.25) is 5.95 Å². The predicted molar refractivity (Wildman–Crippen MR) is 244 cm³/mol. The van der Waals surface area contributed by atoms with Crippen LogP contribution in [0.25, 0.3) is 11.0 Å². The van der Waals surface area contributed by atoms with Gasteiger partial charge in [0, 0.05) is 84.8 Å². The normalized spacial score (nSPS) is 24.3. The van der Waals surface area contributed by atoms with Gasteiger partial charge in [-0.15, -0.1) is 0 Å². The molecule has 9 rings (SSSR count). The van der Waals surface area contributed by atoms with E-state index in [0.29, 0.717) is 45.8 Å². The number of amides is 1. The van der Waals surface area contributed by atoms with E-state index in [1.165, 1.54) is 27.8 Å². The molecule has 11 nitrogen and oxygen atoms in total. The van der Waals surface area contributed by atoms with Crippen molar-refractivity contribution >= 4 is 40.2 Å². The Morgan fingerprint density at radius 3 is 2.47 bits per heavy atom. The Labute approximate surface area is 370 Å². The van der Waals surface area contributed by atoms with Crippen molar-refractivity contribution in [3.8, 4) is 11.8 Å². The van der Waals surface area contributed by atoms with E-state index >= 15 is 0 Å². The van der Waals surface area contributed by atoms with Crippen LogP contribution in [0.4, 0.5) is 11.6 Å². The highest BCUT2D eigenvalue weighted by molar-refractivity contribution is 6.31.